The van der Waals surface area contributed by atoms with Crippen molar-refractivity contribution < 1.29 is 4.79 Å². The highest BCUT2D eigenvalue weighted by Gasteiger charge is 2.36. The first-order valence-electron chi connectivity index (χ1n) is 5.45. The second-order valence-electron chi connectivity index (χ2n) is 4.42. The fraction of sp³-hybridized carbons (Fsp3) is 0.636. The van der Waals surface area contributed by atoms with Gasteiger partial charge in [-0.3, -0.25) is 9.48 Å². The number of carbonyl (C=O) groups excluding carboxylic acids is 1. The van der Waals surface area contributed by atoms with Crippen molar-refractivity contribution in [3.05, 3.63) is 18.0 Å². The van der Waals surface area contributed by atoms with Crippen LogP contribution in [0.3, 0.4) is 0 Å². The largest absolute Gasteiger partial charge is 0.319 e. The molecule has 0 spiro atoms. The van der Waals surface area contributed by atoms with Crippen molar-refractivity contribution in [3.63, 3.8) is 0 Å². The highest BCUT2D eigenvalue weighted by atomic mass is 16.1. The molecule has 15 heavy (non-hydrogen) atoms. The minimum absolute atomic E-state index is 0.00259. The van der Waals surface area contributed by atoms with Crippen molar-refractivity contribution in [3.8, 4) is 0 Å². The quantitative estimate of drug-likeness (QED) is 0.743. The summed E-state index contributed by atoms with van der Waals surface area (Å²) in [5.74, 6) is 0.00259. The number of ketones is 1. The lowest BCUT2D eigenvalue weighted by molar-refractivity contribution is 0.0842. The third-order valence-electron chi connectivity index (χ3n) is 3.14. The van der Waals surface area contributed by atoms with E-state index in [4.69, 9.17) is 5.73 Å². The first kappa shape index (κ1) is 10.4. The molecule has 0 radical (unpaired) electrons. The van der Waals surface area contributed by atoms with E-state index >= 15 is 0 Å². The van der Waals surface area contributed by atoms with Crippen LogP contribution in [0.5, 0.6) is 0 Å². The van der Waals surface area contributed by atoms with Crippen LogP contribution in [0.2, 0.25) is 0 Å². The lowest BCUT2D eigenvalue weighted by Gasteiger charge is -2.30. The number of Topliss-reactive ketones (excluding diaryl/α,β-unsaturated/α-hetero) is 1. The van der Waals surface area contributed by atoms with Crippen LogP contribution in [-0.2, 0) is 7.05 Å². The summed E-state index contributed by atoms with van der Waals surface area (Å²) in [6, 6.07) is 1.74. The third-order valence-corrected chi connectivity index (χ3v) is 3.14. The average molecular weight is 207 g/mol. The molecule has 0 amide bonds. The van der Waals surface area contributed by atoms with E-state index in [1.54, 1.807) is 24.0 Å². The molecular weight excluding hydrogens is 190 g/mol. The summed E-state index contributed by atoms with van der Waals surface area (Å²) in [6.45, 7) is 0. The van der Waals surface area contributed by atoms with Gasteiger partial charge in [0.05, 0.1) is 5.54 Å². The molecule has 2 rings (SSSR count). The molecule has 4 heteroatoms. The van der Waals surface area contributed by atoms with E-state index < -0.39 is 5.54 Å². The Hall–Kier alpha value is -1.16. The Morgan fingerprint density at radius 2 is 2.13 bits per heavy atom. The van der Waals surface area contributed by atoms with E-state index in [0.29, 0.717) is 5.69 Å². The zero-order valence-electron chi connectivity index (χ0n) is 9.07. The van der Waals surface area contributed by atoms with Crippen molar-refractivity contribution in [2.24, 2.45) is 12.8 Å². The minimum Gasteiger partial charge on any atom is -0.319 e. The number of aromatic nitrogens is 2. The van der Waals surface area contributed by atoms with Crippen LogP contribution in [0.25, 0.3) is 0 Å². The van der Waals surface area contributed by atoms with E-state index in [9.17, 15) is 4.79 Å². The maximum Gasteiger partial charge on any atom is 0.202 e. The van der Waals surface area contributed by atoms with Gasteiger partial charge in [0.25, 0.3) is 0 Å². The molecule has 1 aromatic heterocycles. The molecule has 1 aliphatic carbocycles. The number of rotatable bonds is 2. The molecule has 1 aromatic rings. The van der Waals surface area contributed by atoms with Crippen LogP contribution in [0.1, 0.15) is 42.6 Å². The van der Waals surface area contributed by atoms with E-state index in [0.717, 1.165) is 25.7 Å². The Morgan fingerprint density at radius 3 is 2.67 bits per heavy atom. The second kappa shape index (κ2) is 3.77. The van der Waals surface area contributed by atoms with Gasteiger partial charge in [0.1, 0.15) is 5.69 Å². The fourth-order valence-electron chi connectivity index (χ4n) is 2.20. The smallest absolute Gasteiger partial charge is 0.202 e. The number of nitrogens with two attached hydrogens (primary N) is 1. The second-order valence-corrected chi connectivity index (χ2v) is 4.42. The topological polar surface area (TPSA) is 60.9 Å². The monoisotopic (exact) mass is 207 g/mol. The van der Waals surface area contributed by atoms with E-state index in [2.05, 4.69) is 5.10 Å². The SMILES string of the molecule is Cn1ccc(C(=O)C2(N)CCCCC2)n1. The summed E-state index contributed by atoms with van der Waals surface area (Å²) >= 11 is 0. The molecule has 0 unspecified atom stereocenters. The molecule has 1 heterocycles. The van der Waals surface area contributed by atoms with Gasteiger partial charge in [-0.1, -0.05) is 19.3 Å². The summed E-state index contributed by atoms with van der Waals surface area (Å²) in [6.07, 6.45) is 6.66. The lowest BCUT2D eigenvalue weighted by atomic mass is 9.78. The van der Waals surface area contributed by atoms with Gasteiger partial charge in [0.2, 0.25) is 5.78 Å². The van der Waals surface area contributed by atoms with Gasteiger partial charge in [0, 0.05) is 13.2 Å². The van der Waals surface area contributed by atoms with Crippen LogP contribution in [0.4, 0.5) is 0 Å². The molecule has 0 aliphatic heterocycles. The molecule has 1 saturated carbocycles. The summed E-state index contributed by atoms with van der Waals surface area (Å²) in [7, 11) is 1.81. The van der Waals surface area contributed by atoms with Crippen LogP contribution < -0.4 is 5.73 Å². The van der Waals surface area contributed by atoms with Crippen molar-refractivity contribution in [1.29, 1.82) is 0 Å². The molecular formula is C11H17N3O. The zero-order chi connectivity index (χ0) is 10.9. The molecule has 1 fully saturated rings. The van der Waals surface area contributed by atoms with Crippen LogP contribution in [0, 0.1) is 0 Å². The molecule has 0 bridgehead atoms. The first-order valence-corrected chi connectivity index (χ1v) is 5.45. The van der Waals surface area contributed by atoms with E-state index in [1.165, 1.54) is 6.42 Å². The van der Waals surface area contributed by atoms with Crippen molar-refractivity contribution >= 4 is 5.78 Å². The third kappa shape index (κ3) is 1.95. The van der Waals surface area contributed by atoms with Gasteiger partial charge >= 0.3 is 0 Å². The summed E-state index contributed by atoms with van der Waals surface area (Å²) in [4.78, 5) is 12.1. The molecule has 1 aliphatic rings. The zero-order valence-corrected chi connectivity index (χ0v) is 9.07. The first-order chi connectivity index (χ1) is 7.12. The van der Waals surface area contributed by atoms with E-state index in [1.807, 2.05) is 0 Å². The molecule has 4 nitrogen and oxygen atoms in total. The molecule has 0 aromatic carbocycles. The Morgan fingerprint density at radius 1 is 1.47 bits per heavy atom. The number of hydrogen-bond donors (Lipinski definition) is 1. The van der Waals surface area contributed by atoms with Crippen LogP contribution in [-0.4, -0.2) is 21.1 Å². The summed E-state index contributed by atoms with van der Waals surface area (Å²) < 4.78 is 1.64. The van der Waals surface area contributed by atoms with Gasteiger partial charge in [-0.05, 0) is 18.9 Å². The Bertz CT molecular complexity index is 364. The molecule has 82 valence electrons. The predicted molar refractivity (Wildman–Crippen MR) is 57.5 cm³/mol. The van der Waals surface area contributed by atoms with Gasteiger partial charge in [-0.25, -0.2) is 0 Å². The van der Waals surface area contributed by atoms with Crippen molar-refractivity contribution in [2.75, 3.05) is 0 Å². The Kier molecular flexibility index (Phi) is 2.61. The van der Waals surface area contributed by atoms with Gasteiger partial charge < -0.3 is 5.73 Å². The number of carbonyl (C=O) groups is 1. The number of nitrogens with zero attached hydrogens (tertiary/aromatic N) is 2. The molecule has 0 atom stereocenters. The van der Waals surface area contributed by atoms with Gasteiger partial charge in [-0.15, -0.1) is 0 Å². The average Bonchev–Trinajstić information content (AvgIpc) is 2.65. The standard InChI is InChI=1S/C11H17N3O/c1-14-8-5-9(13-14)10(15)11(12)6-3-2-4-7-11/h5,8H,2-4,6-7,12H2,1H3. The summed E-state index contributed by atoms with van der Waals surface area (Å²) in [5.41, 5.74) is 5.99. The predicted octanol–water partition coefficient (Wildman–Crippen LogP) is 1.26. The van der Waals surface area contributed by atoms with Crippen molar-refractivity contribution in [1.82, 2.24) is 9.78 Å². The lowest BCUT2D eigenvalue weighted by Crippen LogP contribution is -2.49. The maximum atomic E-state index is 12.1. The highest BCUT2D eigenvalue weighted by Crippen LogP contribution is 2.28. The fourth-order valence-corrected chi connectivity index (χ4v) is 2.20. The number of aryl methyl sites for hydroxylation is 1. The van der Waals surface area contributed by atoms with Gasteiger partial charge in [0.15, 0.2) is 0 Å². The van der Waals surface area contributed by atoms with Crippen molar-refractivity contribution in [2.45, 2.75) is 37.6 Å². The Labute approximate surface area is 89.5 Å². The number of hydrogen-bond acceptors (Lipinski definition) is 3. The minimum atomic E-state index is -0.660. The Balaban J connectivity index is 2.19. The highest BCUT2D eigenvalue weighted by molar-refractivity contribution is 6.01. The maximum absolute atomic E-state index is 12.1. The molecule has 2 N–H and O–H groups in total. The molecule has 0 saturated heterocycles. The summed E-state index contributed by atoms with van der Waals surface area (Å²) in [5, 5.41) is 4.12. The van der Waals surface area contributed by atoms with E-state index in [-0.39, 0.29) is 5.78 Å². The van der Waals surface area contributed by atoms with Gasteiger partial charge in [-0.2, -0.15) is 5.10 Å². The normalized spacial score (nSPS) is 20.1. The van der Waals surface area contributed by atoms with Crippen LogP contribution >= 0.6 is 0 Å². The van der Waals surface area contributed by atoms with Crippen LogP contribution in [0.15, 0.2) is 12.3 Å².